The highest BCUT2D eigenvalue weighted by Gasteiger charge is 2.27. The molecule has 1 aromatic heterocycles. The van der Waals surface area contributed by atoms with Crippen molar-refractivity contribution in [3.8, 4) is 0 Å². The zero-order valence-corrected chi connectivity index (χ0v) is 16.7. The van der Waals surface area contributed by atoms with Crippen LogP contribution in [0.3, 0.4) is 0 Å². The SMILES string of the molecule is CCC(CC)[C@H](CNC(=O)Cc1n[nH]c(=O)c2ccccc12)N1CCOCC1. The summed E-state index contributed by atoms with van der Waals surface area (Å²) < 4.78 is 5.49. The van der Waals surface area contributed by atoms with E-state index in [2.05, 4.69) is 34.3 Å². The summed E-state index contributed by atoms with van der Waals surface area (Å²) in [6.45, 7) is 8.34. The predicted molar refractivity (Wildman–Crippen MR) is 109 cm³/mol. The smallest absolute Gasteiger partial charge is 0.272 e. The third kappa shape index (κ3) is 4.77. The third-order valence-electron chi connectivity index (χ3n) is 5.72. The largest absolute Gasteiger partial charge is 0.379 e. The van der Waals surface area contributed by atoms with Crippen LogP contribution in [0.2, 0.25) is 0 Å². The van der Waals surface area contributed by atoms with Gasteiger partial charge in [-0.3, -0.25) is 14.5 Å². The van der Waals surface area contributed by atoms with Gasteiger partial charge in [0.2, 0.25) is 5.91 Å². The van der Waals surface area contributed by atoms with Gasteiger partial charge < -0.3 is 10.1 Å². The molecule has 0 saturated carbocycles. The highest BCUT2D eigenvalue weighted by molar-refractivity contribution is 5.88. The van der Waals surface area contributed by atoms with Crippen LogP contribution >= 0.6 is 0 Å². The van der Waals surface area contributed by atoms with E-state index in [0.717, 1.165) is 44.5 Å². The summed E-state index contributed by atoms with van der Waals surface area (Å²) in [6, 6.07) is 7.55. The molecule has 1 amide bonds. The van der Waals surface area contributed by atoms with Crippen molar-refractivity contribution >= 4 is 16.7 Å². The summed E-state index contributed by atoms with van der Waals surface area (Å²) >= 11 is 0. The van der Waals surface area contributed by atoms with Crippen LogP contribution in [0.5, 0.6) is 0 Å². The molecule has 1 saturated heterocycles. The molecule has 1 aromatic carbocycles. The normalized spacial score (nSPS) is 16.4. The van der Waals surface area contributed by atoms with Gasteiger partial charge in [-0.25, -0.2) is 5.10 Å². The van der Waals surface area contributed by atoms with Gasteiger partial charge in [-0.15, -0.1) is 0 Å². The van der Waals surface area contributed by atoms with Crippen LogP contribution in [0.15, 0.2) is 29.1 Å². The molecule has 1 atom stereocenters. The fraction of sp³-hybridized carbons (Fsp3) is 0.571. The van der Waals surface area contributed by atoms with Crippen LogP contribution in [-0.2, 0) is 16.0 Å². The molecule has 28 heavy (non-hydrogen) atoms. The predicted octanol–water partition coefficient (Wildman–Crippen LogP) is 1.72. The maximum Gasteiger partial charge on any atom is 0.272 e. The lowest BCUT2D eigenvalue weighted by Gasteiger charge is -2.38. The van der Waals surface area contributed by atoms with Crippen molar-refractivity contribution in [2.75, 3.05) is 32.8 Å². The summed E-state index contributed by atoms with van der Waals surface area (Å²) in [5.74, 6) is 0.458. The van der Waals surface area contributed by atoms with E-state index in [1.165, 1.54) is 0 Å². The van der Waals surface area contributed by atoms with Gasteiger partial charge in [-0.1, -0.05) is 44.9 Å². The minimum Gasteiger partial charge on any atom is -0.379 e. The fourth-order valence-corrected chi connectivity index (χ4v) is 4.08. The van der Waals surface area contributed by atoms with Crippen LogP contribution in [0.1, 0.15) is 32.4 Å². The number of morpholine rings is 1. The van der Waals surface area contributed by atoms with E-state index in [-0.39, 0.29) is 17.9 Å². The number of nitrogens with one attached hydrogen (secondary N) is 2. The lowest BCUT2D eigenvalue weighted by molar-refractivity contribution is -0.121. The molecule has 1 fully saturated rings. The molecule has 1 aliphatic rings. The van der Waals surface area contributed by atoms with E-state index in [9.17, 15) is 9.59 Å². The number of H-pyrrole nitrogens is 1. The molecule has 152 valence electrons. The second-order valence-electron chi connectivity index (χ2n) is 7.32. The number of hydrogen-bond donors (Lipinski definition) is 2. The van der Waals surface area contributed by atoms with Gasteiger partial charge in [-0.2, -0.15) is 5.10 Å². The number of amides is 1. The van der Waals surface area contributed by atoms with E-state index in [0.29, 0.717) is 29.6 Å². The van der Waals surface area contributed by atoms with Crippen molar-refractivity contribution < 1.29 is 9.53 Å². The van der Waals surface area contributed by atoms with E-state index in [4.69, 9.17) is 4.74 Å². The summed E-state index contributed by atoms with van der Waals surface area (Å²) in [7, 11) is 0. The monoisotopic (exact) mass is 386 g/mol. The Morgan fingerprint density at radius 1 is 1.21 bits per heavy atom. The van der Waals surface area contributed by atoms with Crippen molar-refractivity contribution in [2.24, 2.45) is 5.92 Å². The van der Waals surface area contributed by atoms with Crippen LogP contribution in [0.4, 0.5) is 0 Å². The maximum atomic E-state index is 12.6. The first-order valence-electron chi connectivity index (χ1n) is 10.2. The van der Waals surface area contributed by atoms with Crippen LogP contribution in [-0.4, -0.2) is 59.9 Å². The highest BCUT2D eigenvalue weighted by Crippen LogP contribution is 2.20. The van der Waals surface area contributed by atoms with E-state index >= 15 is 0 Å². The number of hydrogen-bond acceptors (Lipinski definition) is 5. The quantitative estimate of drug-likeness (QED) is 0.721. The number of aromatic nitrogens is 2. The van der Waals surface area contributed by atoms with E-state index in [1.807, 2.05) is 18.2 Å². The zero-order valence-electron chi connectivity index (χ0n) is 16.7. The van der Waals surface area contributed by atoms with Crippen molar-refractivity contribution in [1.82, 2.24) is 20.4 Å². The average Bonchev–Trinajstić information content (AvgIpc) is 2.74. The first-order chi connectivity index (χ1) is 13.6. The Balaban J connectivity index is 1.68. The fourth-order valence-electron chi connectivity index (χ4n) is 4.08. The van der Waals surface area contributed by atoms with Crippen LogP contribution in [0, 0.1) is 5.92 Å². The molecule has 2 aromatic rings. The molecule has 0 unspecified atom stereocenters. The van der Waals surface area contributed by atoms with E-state index in [1.54, 1.807) is 6.07 Å². The number of fused-ring (bicyclic) bond motifs is 1. The molecule has 2 N–H and O–H groups in total. The van der Waals surface area contributed by atoms with Gasteiger partial charge >= 0.3 is 0 Å². The Hall–Kier alpha value is -2.25. The number of rotatable bonds is 8. The summed E-state index contributed by atoms with van der Waals surface area (Å²) in [5.41, 5.74) is 0.360. The van der Waals surface area contributed by atoms with Gasteiger partial charge in [0.25, 0.3) is 5.56 Å². The topological polar surface area (TPSA) is 87.3 Å². The zero-order chi connectivity index (χ0) is 19.9. The molecule has 2 heterocycles. The maximum absolute atomic E-state index is 12.6. The van der Waals surface area contributed by atoms with Gasteiger partial charge in [-0.05, 0) is 12.0 Å². The minimum absolute atomic E-state index is 0.0751. The lowest BCUT2D eigenvalue weighted by Crippen LogP contribution is -2.52. The van der Waals surface area contributed by atoms with Crippen molar-refractivity contribution in [2.45, 2.75) is 39.2 Å². The molecule has 3 rings (SSSR count). The molecule has 0 spiro atoms. The Morgan fingerprint density at radius 2 is 1.89 bits per heavy atom. The first kappa shape index (κ1) is 20.5. The average molecular weight is 386 g/mol. The molecule has 7 heteroatoms. The second-order valence-corrected chi connectivity index (χ2v) is 7.32. The van der Waals surface area contributed by atoms with E-state index < -0.39 is 0 Å². The highest BCUT2D eigenvalue weighted by atomic mass is 16.5. The van der Waals surface area contributed by atoms with Crippen LogP contribution < -0.4 is 10.9 Å². The summed E-state index contributed by atoms with van der Waals surface area (Å²) in [5, 5.41) is 11.0. The lowest BCUT2D eigenvalue weighted by atomic mass is 9.92. The first-order valence-corrected chi connectivity index (χ1v) is 10.2. The van der Waals surface area contributed by atoms with Gasteiger partial charge in [0.15, 0.2) is 0 Å². The number of carbonyl (C=O) groups excluding carboxylic acids is 1. The Kier molecular flexibility index (Phi) is 7.17. The van der Waals surface area contributed by atoms with Crippen LogP contribution in [0.25, 0.3) is 10.8 Å². The molecular weight excluding hydrogens is 356 g/mol. The summed E-state index contributed by atoms with van der Waals surface area (Å²) in [4.78, 5) is 27.0. The molecule has 7 nitrogen and oxygen atoms in total. The Morgan fingerprint density at radius 3 is 2.57 bits per heavy atom. The minimum atomic E-state index is -0.235. The molecule has 0 radical (unpaired) electrons. The Labute approximate surface area is 165 Å². The van der Waals surface area contributed by atoms with Gasteiger partial charge in [0.1, 0.15) is 0 Å². The van der Waals surface area contributed by atoms with Crippen molar-refractivity contribution in [1.29, 1.82) is 0 Å². The molecule has 1 aliphatic heterocycles. The molecular formula is C21H30N4O3. The molecule has 0 aliphatic carbocycles. The standard InChI is InChI=1S/C21H30N4O3/c1-3-15(4-2)19(25-9-11-28-12-10-25)14-22-20(26)13-18-16-7-5-6-8-17(16)21(27)24-23-18/h5-8,15,19H,3-4,9-14H2,1-2H3,(H,22,26)(H,24,27)/t19-/m0/s1. The van der Waals surface area contributed by atoms with Crippen molar-refractivity contribution in [3.05, 3.63) is 40.3 Å². The second kappa shape index (κ2) is 9.80. The van der Waals surface area contributed by atoms with Gasteiger partial charge in [0, 0.05) is 31.1 Å². The number of nitrogens with zero attached hydrogens (tertiary/aromatic N) is 2. The summed E-state index contributed by atoms with van der Waals surface area (Å²) in [6.07, 6.45) is 2.32. The number of aromatic amines is 1. The number of ether oxygens (including phenoxy) is 1. The number of carbonyl (C=O) groups is 1. The van der Waals surface area contributed by atoms with Crippen molar-refractivity contribution in [3.63, 3.8) is 0 Å². The number of benzene rings is 1. The molecule has 0 bridgehead atoms. The third-order valence-corrected chi connectivity index (χ3v) is 5.72. The Bertz CT molecular complexity index is 841. The van der Waals surface area contributed by atoms with Gasteiger partial charge in [0.05, 0.1) is 30.7 Å².